The van der Waals surface area contributed by atoms with Crippen molar-refractivity contribution in [2.75, 3.05) is 0 Å². The number of aromatic nitrogens is 2. The molecule has 0 saturated carbocycles. The van der Waals surface area contributed by atoms with E-state index in [1.54, 1.807) is 4.57 Å². The molecule has 0 N–H and O–H groups in total. The average Bonchev–Trinajstić information content (AvgIpc) is 3.85. The highest BCUT2D eigenvalue weighted by Gasteiger charge is 2.20. The summed E-state index contributed by atoms with van der Waals surface area (Å²) in [4.78, 5) is 5.04. The lowest BCUT2D eigenvalue weighted by atomic mass is 9.84. The van der Waals surface area contributed by atoms with Crippen LogP contribution in [0.25, 0.3) is 105 Å². The summed E-state index contributed by atoms with van der Waals surface area (Å²) in [6, 6.07) is 54.2. The van der Waals surface area contributed by atoms with Crippen LogP contribution in [0.15, 0.2) is 198 Å². The number of imidazole rings is 1. The third-order valence-electron chi connectivity index (χ3n) is 10.5. The predicted octanol–water partition coefficient (Wildman–Crippen LogP) is 13.9. The largest absolute Gasteiger partial charge is 0.456 e. The first-order valence-corrected chi connectivity index (χ1v) is 18.0. The van der Waals surface area contributed by atoms with E-state index >= 15 is 0 Å². The second-order valence-electron chi connectivity index (χ2n) is 13.5. The fraction of sp³-hybridized carbons (Fsp3) is 0. The summed E-state index contributed by atoms with van der Waals surface area (Å²) in [5.41, 5.74) is 10.2. The Morgan fingerprint density at radius 1 is 0.426 bits per heavy atom. The van der Waals surface area contributed by atoms with Gasteiger partial charge in [0.05, 0.1) is 17.9 Å². The van der Waals surface area contributed by atoms with Crippen LogP contribution in [-0.2, 0) is 0 Å². The van der Waals surface area contributed by atoms with E-state index in [1.807, 2.05) is 60.7 Å². The van der Waals surface area contributed by atoms with Gasteiger partial charge in [-0.3, -0.25) is 4.57 Å². The number of hydrogen-bond donors (Lipinski definition) is 0. The third kappa shape index (κ3) is 4.79. The quantitative estimate of drug-likeness (QED) is 0.168. The number of fused-ring (bicyclic) bond motifs is 6. The first-order chi connectivity index (χ1) is 28.9. The highest BCUT2D eigenvalue weighted by atomic mass is 16.3. The van der Waals surface area contributed by atoms with E-state index < -0.39 is 18.1 Å². The van der Waals surface area contributed by atoms with Gasteiger partial charge in [0, 0.05) is 22.0 Å². The molecule has 0 saturated heterocycles. The van der Waals surface area contributed by atoms with Crippen molar-refractivity contribution in [3.8, 4) is 50.5 Å². The Labute approximate surface area is 319 Å². The minimum absolute atomic E-state index is 0.0566. The van der Waals surface area contributed by atoms with Gasteiger partial charge < -0.3 is 4.42 Å². The van der Waals surface area contributed by atoms with E-state index in [0.29, 0.717) is 16.9 Å². The van der Waals surface area contributed by atoms with Crippen LogP contribution in [-0.4, -0.2) is 9.55 Å². The second kappa shape index (κ2) is 12.2. The Morgan fingerprint density at radius 3 is 1.89 bits per heavy atom. The molecule has 3 nitrogen and oxygen atoms in total. The lowest BCUT2D eigenvalue weighted by molar-refractivity contribution is 0.669. The molecule has 0 aliphatic rings. The van der Waals surface area contributed by atoms with Crippen LogP contribution >= 0.6 is 0 Å². The fourth-order valence-corrected chi connectivity index (χ4v) is 8.11. The van der Waals surface area contributed by atoms with Gasteiger partial charge in [-0.2, -0.15) is 0 Å². The normalized spacial score (nSPS) is 13.0. The molecule has 2 aromatic heterocycles. The molecule has 11 aromatic rings. The maximum Gasteiger partial charge on any atom is 0.145 e. The monoisotopic (exact) mass is 693 g/mol. The lowest BCUT2D eigenvalue weighted by Crippen LogP contribution is -1.97. The van der Waals surface area contributed by atoms with E-state index in [9.17, 15) is 0 Å². The van der Waals surface area contributed by atoms with Gasteiger partial charge in [-0.25, -0.2) is 4.98 Å². The zero-order chi connectivity index (χ0) is 39.9. The van der Waals surface area contributed by atoms with E-state index in [2.05, 4.69) is 103 Å². The van der Waals surface area contributed by atoms with Crippen LogP contribution in [0.1, 0.15) is 6.85 Å². The van der Waals surface area contributed by atoms with E-state index in [4.69, 9.17) is 16.3 Å². The van der Waals surface area contributed by atoms with Crippen molar-refractivity contribution in [1.82, 2.24) is 9.55 Å². The molecule has 9 aromatic carbocycles. The topological polar surface area (TPSA) is 31.0 Å². The summed E-state index contributed by atoms with van der Waals surface area (Å²) in [6.45, 7) is 0. The van der Waals surface area contributed by atoms with E-state index in [-0.39, 0.29) is 17.8 Å². The van der Waals surface area contributed by atoms with Crippen molar-refractivity contribution in [1.29, 1.82) is 0 Å². The minimum atomic E-state index is -0.438. The molecular formula is C51H32N2O. The maximum absolute atomic E-state index is 8.92. The predicted molar refractivity (Wildman–Crippen MR) is 225 cm³/mol. The van der Waals surface area contributed by atoms with Crippen LogP contribution in [0, 0.1) is 0 Å². The average molecular weight is 694 g/mol. The molecule has 0 aliphatic heterocycles. The molecule has 54 heavy (non-hydrogen) atoms. The van der Waals surface area contributed by atoms with Gasteiger partial charge >= 0.3 is 0 Å². The Balaban J connectivity index is 1.20. The Kier molecular flexibility index (Phi) is 5.79. The van der Waals surface area contributed by atoms with Gasteiger partial charge in [0.25, 0.3) is 0 Å². The molecule has 0 amide bonds. The molecular weight excluding hydrogens is 657 g/mol. The molecule has 252 valence electrons. The number of rotatable bonds is 5. The second-order valence-corrected chi connectivity index (χ2v) is 13.5. The summed E-state index contributed by atoms with van der Waals surface area (Å²) < 4.78 is 51.0. The van der Waals surface area contributed by atoms with Crippen LogP contribution in [0.3, 0.4) is 0 Å². The molecule has 0 spiro atoms. The molecule has 0 bridgehead atoms. The highest BCUT2D eigenvalue weighted by molar-refractivity contribution is 6.22. The van der Waals surface area contributed by atoms with Crippen LogP contribution < -0.4 is 0 Å². The molecule has 0 fully saturated rings. The number of nitrogens with zero attached hydrogens (tertiary/aromatic N) is 2. The maximum atomic E-state index is 8.92. The Bertz CT molecular complexity index is 3490. The van der Waals surface area contributed by atoms with Gasteiger partial charge in [0.2, 0.25) is 0 Å². The summed E-state index contributed by atoms with van der Waals surface area (Å²) >= 11 is 0. The number of para-hydroxylation sites is 4. The first-order valence-electron chi connectivity index (χ1n) is 20.5. The van der Waals surface area contributed by atoms with E-state index in [0.717, 1.165) is 82.4 Å². The standard InChI is InChI=1S/C51H32N2O/c1-3-14-33(15-4-1)34-26-28-42-44(31-34)50(36-27-29-48-43(32-36)39-20-9-12-25-47(39)54-48)41-22-8-7-21-40(41)49(42)35-16-13-17-37(30-35)51-52-45-23-10-11-24-46(45)53(51)38-18-5-2-6-19-38/h1-32H/i2D,5D,6D,18D,19D. The van der Waals surface area contributed by atoms with Crippen molar-refractivity contribution >= 4 is 54.5 Å². The van der Waals surface area contributed by atoms with Gasteiger partial charge in [-0.1, -0.05) is 139 Å². The molecule has 0 atom stereocenters. The summed E-state index contributed by atoms with van der Waals surface area (Å²) in [7, 11) is 0. The molecule has 0 unspecified atom stereocenters. The lowest BCUT2D eigenvalue weighted by Gasteiger charge is -2.19. The van der Waals surface area contributed by atoms with Crippen molar-refractivity contribution in [3.63, 3.8) is 0 Å². The van der Waals surface area contributed by atoms with Crippen molar-refractivity contribution in [2.24, 2.45) is 0 Å². The summed E-state index contributed by atoms with van der Waals surface area (Å²) in [5, 5.41) is 6.50. The van der Waals surface area contributed by atoms with Crippen LogP contribution in [0.4, 0.5) is 0 Å². The highest BCUT2D eigenvalue weighted by Crippen LogP contribution is 2.46. The summed E-state index contributed by atoms with van der Waals surface area (Å²) in [6.07, 6.45) is 0. The SMILES string of the molecule is [2H]c1c([2H])c([2H])c(-n2c(-c3cccc(-c4c5ccccc5c(-c5ccc6oc7ccccc7c6c5)c5cc(-c6ccccc6)ccc45)c3)nc3ccccc32)c([2H])c1[2H]. The first kappa shape index (κ1) is 25.7. The molecule has 11 rings (SSSR count). The third-order valence-corrected chi connectivity index (χ3v) is 10.5. The van der Waals surface area contributed by atoms with Gasteiger partial charge in [-0.05, 0) is 109 Å². The molecule has 3 heteroatoms. The fourth-order valence-electron chi connectivity index (χ4n) is 8.11. The summed E-state index contributed by atoms with van der Waals surface area (Å²) in [5.74, 6) is 0.476. The van der Waals surface area contributed by atoms with Gasteiger partial charge in [0.1, 0.15) is 17.0 Å². The number of benzene rings is 9. The van der Waals surface area contributed by atoms with Crippen LogP contribution in [0.5, 0.6) is 0 Å². The van der Waals surface area contributed by atoms with Gasteiger partial charge in [-0.15, -0.1) is 0 Å². The number of hydrogen-bond acceptors (Lipinski definition) is 2. The van der Waals surface area contributed by atoms with E-state index in [1.165, 1.54) is 0 Å². The molecule has 0 radical (unpaired) electrons. The smallest absolute Gasteiger partial charge is 0.145 e. The zero-order valence-electron chi connectivity index (χ0n) is 33.9. The van der Waals surface area contributed by atoms with Gasteiger partial charge in [0.15, 0.2) is 0 Å². The number of furan rings is 1. The van der Waals surface area contributed by atoms with Crippen molar-refractivity contribution in [3.05, 3.63) is 194 Å². The van der Waals surface area contributed by atoms with Crippen molar-refractivity contribution in [2.45, 2.75) is 0 Å². The van der Waals surface area contributed by atoms with Crippen LogP contribution in [0.2, 0.25) is 0 Å². The zero-order valence-corrected chi connectivity index (χ0v) is 28.9. The van der Waals surface area contributed by atoms with Crippen molar-refractivity contribution < 1.29 is 11.3 Å². The Hall–Kier alpha value is -7.23. The minimum Gasteiger partial charge on any atom is -0.456 e. The molecule has 2 heterocycles. The molecule has 0 aliphatic carbocycles. The Morgan fingerprint density at radius 2 is 1.04 bits per heavy atom.